The van der Waals surface area contributed by atoms with Gasteiger partial charge in [0.1, 0.15) is 6.54 Å². The van der Waals surface area contributed by atoms with Gasteiger partial charge in [-0.25, -0.2) is 0 Å². The fourth-order valence-electron chi connectivity index (χ4n) is 1.70. The average Bonchev–Trinajstić information content (AvgIpc) is 2.78. The van der Waals surface area contributed by atoms with Crippen LogP contribution in [0, 0.1) is 5.41 Å². The van der Waals surface area contributed by atoms with Gasteiger partial charge in [0.15, 0.2) is 4.80 Å². The molecule has 0 bridgehead atoms. The Kier molecular flexibility index (Phi) is 7.25. The third-order valence-corrected chi connectivity index (χ3v) is 4.03. The Labute approximate surface area is 142 Å². The van der Waals surface area contributed by atoms with Crippen molar-refractivity contribution in [3.8, 4) is 0 Å². The second kappa shape index (κ2) is 8.44. The number of hydrogen-bond donors (Lipinski definition) is 2. The molecular formula is C13H14Cl3N3OS. The maximum atomic E-state index is 11.7. The zero-order valence-electron chi connectivity index (χ0n) is 10.9. The molecule has 2 aromatic rings. The molecule has 2 rings (SSSR count). The summed E-state index contributed by atoms with van der Waals surface area (Å²) in [6.45, 7) is 0.662. The molecule has 4 nitrogen and oxygen atoms in total. The fourth-order valence-corrected chi connectivity index (χ4v) is 2.80. The lowest BCUT2D eigenvalue weighted by molar-refractivity contribution is -0.121. The van der Waals surface area contributed by atoms with Crippen LogP contribution in [0.1, 0.15) is 5.56 Å². The number of carbonyl (C=O) groups excluding carboxylic acids is 1. The number of halogens is 3. The Morgan fingerprint density at radius 3 is 2.76 bits per heavy atom. The molecule has 114 valence electrons. The third-order valence-electron chi connectivity index (χ3n) is 2.73. The van der Waals surface area contributed by atoms with Crippen LogP contribution in [0.3, 0.4) is 0 Å². The molecule has 1 aromatic carbocycles. The van der Waals surface area contributed by atoms with Crippen molar-refractivity contribution in [2.45, 2.75) is 13.0 Å². The topological polar surface area (TPSA) is 57.9 Å². The molecule has 0 aliphatic rings. The number of benzene rings is 1. The van der Waals surface area contributed by atoms with E-state index >= 15 is 0 Å². The highest BCUT2D eigenvalue weighted by Gasteiger charge is 2.05. The number of amides is 1. The Morgan fingerprint density at radius 1 is 1.38 bits per heavy atom. The molecule has 1 aromatic heterocycles. The first-order valence-electron chi connectivity index (χ1n) is 5.95. The molecule has 0 saturated heterocycles. The van der Waals surface area contributed by atoms with Gasteiger partial charge in [-0.15, -0.1) is 23.7 Å². The van der Waals surface area contributed by atoms with E-state index in [1.165, 1.54) is 11.3 Å². The summed E-state index contributed by atoms with van der Waals surface area (Å²) in [5.41, 5.74) is 0.945. The van der Waals surface area contributed by atoms with Crippen molar-refractivity contribution in [3.05, 3.63) is 50.2 Å². The highest BCUT2D eigenvalue weighted by molar-refractivity contribution is 7.06. The van der Waals surface area contributed by atoms with E-state index in [2.05, 4.69) is 5.32 Å². The minimum atomic E-state index is -0.119. The van der Waals surface area contributed by atoms with Crippen molar-refractivity contribution in [2.24, 2.45) is 0 Å². The number of hydrogen-bond acceptors (Lipinski definition) is 3. The highest BCUT2D eigenvalue weighted by atomic mass is 35.5. The molecule has 0 atom stereocenters. The van der Waals surface area contributed by atoms with Crippen molar-refractivity contribution in [1.29, 1.82) is 5.41 Å². The van der Waals surface area contributed by atoms with Gasteiger partial charge in [0.25, 0.3) is 0 Å². The van der Waals surface area contributed by atoms with E-state index in [-0.39, 0.29) is 24.9 Å². The molecule has 1 amide bonds. The summed E-state index contributed by atoms with van der Waals surface area (Å²) in [6.07, 6.45) is 2.37. The lowest BCUT2D eigenvalue weighted by atomic mass is 10.1. The number of thiazole rings is 1. The first kappa shape index (κ1) is 18.0. The first-order valence-corrected chi connectivity index (χ1v) is 7.59. The normalized spacial score (nSPS) is 10.0. The Bertz CT molecular complexity index is 669. The van der Waals surface area contributed by atoms with Gasteiger partial charge in [-0.3, -0.25) is 10.2 Å². The molecule has 21 heavy (non-hydrogen) atoms. The van der Waals surface area contributed by atoms with E-state index in [0.29, 0.717) is 27.8 Å². The van der Waals surface area contributed by atoms with E-state index in [0.717, 1.165) is 5.56 Å². The molecule has 0 aliphatic heterocycles. The van der Waals surface area contributed by atoms with Crippen LogP contribution in [0.25, 0.3) is 0 Å². The van der Waals surface area contributed by atoms with Gasteiger partial charge in [0, 0.05) is 28.2 Å². The molecule has 0 saturated carbocycles. The molecule has 0 fully saturated rings. The Hall–Kier alpha value is -1.01. The zero-order chi connectivity index (χ0) is 14.5. The summed E-state index contributed by atoms with van der Waals surface area (Å²) in [5, 5.41) is 13.4. The minimum absolute atomic E-state index is 0. The van der Waals surface area contributed by atoms with E-state index in [4.69, 9.17) is 28.6 Å². The summed E-state index contributed by atoms with van der Waals surface area (Å²) in [4.78, 5) is 12.1. The summed E-state index contributed by atoms with van der Waals surface area (Å²) < 4.78 is 1.59. The second-order valence-electron chi connectivity index (χ2n) is 4.17. The SMILES string of the molecule is Cl.N=c1sccn1CC(=O)NCCc1ccc(Cl)cc1Cl. The van der Waals surface area contributed by atoms with Gasteiger partial charge in [0.2, 0.25) is 5.91 Å². The predicted octanol–water partition coefficient (Wildman–Crippen LogP) is 3.12. The van der Waals surface area contributed by atoms with Crippen LogP contribution in [0.5, 0.6) is 0 Å². The molecular weight excluding hydrogens is 353 g/mol. The maximum absolute atomic E-state index is 11.7. The summed E-state index contributed by atoms with van der Waals surface area (Å²) >= 11 is 13.2. The minimum Gasteiger partial charge on any atom is -0.354 e. The van der Waals surface area contributed by atoms with Crippen LogP contribution in [0.15, 0.2) is 29.8 Å². The summed E-state index contributed by atoms with van der Waals surface area (Å²) in [7, 11) is 0. The number of aromatic nitrogens is 1. The monoisotopic (exact) mass is 365 g/mol. The van der Waals surface area contributed by atoms with Gasteiger partial charge in [-0.05, 0) is 24.1 Å². The van der Waals surface area contributed by atoms with Crippen molar-refractivity contribution >= 4 is 52.9 Å². The third kappa shape index (κ3) is 5.36. The zero-order valence-corrected chi connectivity index (χ0v) is 14.1. The van der Waals surface area contributed by atoms with Gasteiger partial charge < -0.3 is 9.88 Å². The predicted molar refractivity (Wildman–Crippen MR) is 88.6 cm³/mol. The molecule has 8 heteroatoms. The van der Waals surface area contributed by atoms with Crippen molar-refractivity contribution in [2.75, 3.05) is 6.54 Å². The Balaban J connectivity index is 0.00000220. The van der Waals surface area contributed by atoms with E-state index < -0.39 is 0 Å². The van der Waals surface area contributed by atoms with Crippen LogP contribution in [0.2, 0.25) is 10.0 Å². The van der Waals surface area contributed by atoms with E-state index in [9.17, 15) is 4.79 Å². The van der Waals surface area contributed by atoms with Gasteiger partial charge in [-0.1, -0.05) is 29.3 Å². The molecule has 0 aliphatic carbocycles. The van der Waals surface area contributed by atoms with Crippen molar-refractivity contribution in [1.82, 2.24) is 9.88 Å². The number of carbonyl (C=O) groups is 1. The van der Waals surface area contributed by atoms with Gasteiger partial charge in [-0.2, -0.15) is 0 Å². The van der Waals surface area contributed by atoms with Crippen LogP contribution in [-0.4, -0.2) is 17.0 Å². The van der Waals surface area contributed by atoms with E-state index in [1.54, 1.807) is 28.3 Å². The quantitative estimate of drug-likeness (QED) is 0.839. The summed E-state index contributed by atoms with van der Waals surface area (Å²) in [6, 6.07) is 5.32. The average molecular weight is 367 g/mol. The van der Waals surface area contributed by atoms with Gasteiger partial charge >= 0.3 is 0 Å². The number of nitrogens with one attached hydrogen (secondary N) is 2. The molecule has 2 N–H and O–H groups in total. The highest BCUT2D eigenvalue weighted by Crippen LogP contribution is 2.20. The van der Waals surface area contributed by atoms with Crippen molar-refractivity contribution in [3.63, 3.8) is 0 Å². The fraction of sp³-hybridized carbons (Fsp3) is 0.231. The lowest BCUT2D eigenvalue weighted by Gasteiger charge is -2.07. The molecule has 0 spiro atoms. The number of nitrogens with zero attached hydrogens (tertiary/aromatic N) is 1. The number of rotatable bonds is 5. The van der Waals surface area contributed by atoms with E-state index in [1.807, 2.05) is 6.07 Å². The maximum Gasteiger partial charge on any atom is 0.240 e. The smallest absolute Gasteiger partial charge is 0.240 e. The van der Waals surface area contributed by atoms with Gasteiger partial charge in [0.05, 0.1) is 0 Å². The van der Waals surface area contributed by atoms with Crippen LogP contribution >= 0.6 is 46.9 Å². The van der Waals surface area contributed by atoms with Crippen LogP contribution in [-0.2, 0) is 17.8 Å². The standard InChI is InChI=1S/C13H13Cl2N3OS.ClH/c14-10-2-1-9(11(15)7-10)3-4-17-12(19)8-18-5-6-20-13(18)16;/h1-2,5-7,16H,3-4,8H2,(H,17,19);1H. The molecule has 1 heterocycles. The van der Waals surface area contributed by atoms with Crippen LogP contribution in [0.4, 0.5) is 0 Å². The molecule has 0 radical (unpaired) electrons. The Morgan fingerprint density at radius 2 is 2.14 bits per heavy atom. The second-order valence-corrected chi connectivity index (χ2v) is 5.91. The first-order chi connectivity index (χ1) is 9.56. The lowest BCUT2D eigenvalue weighted by Crippen LogP contribution is -2.31. The molecule has 0 unspecified atom stereocenters. The van der Waals surface area contributed by atoms with Crippen LogP contribution < -0.4 is 10.1 Å². The largest absolute Gasteiger partial charge is 0.354 e. The van der Waals surface area contributed by atoms with Crippen molar-refractivity contribution < 1.29 is 4.79 Å². The summed E-state index contributed by atoms with van der Waals surface area (Å²) in [5.74, 6) is -0.119.